The number of aliphatic hydroxyl groups excluding tert-OH is 1. The largest absolute Gasteiger partial charge is 0.480 e. The number of likely N-dealkylation sites (N-methyl/N-ethyl adjacent to an activating group) is 1. The first-order chi connectivity index (χ1) is 6.49. The number of ether oxygens (including phenoxy) is 1. The van der Waals surface area contributed by atoms with Gasteiger partial charge < -0.3 is 20.3 Å². The minimum Gasteiger partial charge on any atom is -0.480 e. The van der Waals surface area contributed by atoms with E-state index < -0.39 is 12.6 Å². The van der Waals surface area contributed by atoms with Crippen molar-refractivity contribution in [1.82, 2.24) is 5.32 Å². The van der Waals surface area contributed by atoms with Crippen molar-refractivity contribution < 1.29 is 24.5 Å². The van der Waals surface area contributed by atoms with Crippen LogP contribution in [-0.2, 0) is 14.3 Å². The van der Waals surface area contributed by atoms with Gasteiger partial charge in [0, 0.05) is 21.3 Å². The third-order valence-corrected chi connectivity index (χ3v) is 0.567. The highest BCUT2D eigenvalue weighted by Crippen LogP contribution is 1.56. The third kappa shape index (κ3) is 46.2. The summed E-state index contributed by atoms with van der Waals surface area (Å²) >= 11 is 0. The van der Waals surface area contributed by atoms with Gasteiger partial charge in [0.2, 0.25) is 5.91 Å². The van der Waals surface area contributed by atoms with Crippen LogP contribution in [0.3, 0.4) is 0 Å². The van der Waals surface area contributed by atoms with Gasteiger partial charge in [0.05, 0.1) is 0 Å². The molecule has 0 fully saturated rings. The van der Waals surface area contributed by atoms with E-state index in [1.807, 2.05) is 0 Å². The highest BCUT2D eigenvalue weighted by Gasteiger charge is 1.82. The Balaban J connectivity index is -0.000000138. The third-order valence-electron chi connectivity index (χ3n) is 0.567. The molecule has 0 aromatic rings. The molecule has 0 unspecified atom stereocenters. The van der Waals surface area contributed by atoms with Crippen molar-refractivity contribution in [3.63, 3.8) is 0 Å². The first-order valence-corrected chi connectivity index (χ1v) is 3.57. The molecule has 84 valence electrons. The number of carboxylic acid groups (broad SMARTS) is 1. The monoisotopic (exact) mass is 207 g/mol. The lowest BCUT2D eigenvalue weighted by Gasteiger charge is -1.82. The molecule has 0 spiro atoms. The number of rotatable bonds is 2. The second-order valence-electron chi connectivity index (χ2n) is 1.78. The highest BCUT2D eigenvalue weighted by atomic mass is 16.4. The van der Waals surface area contributed by atoms with Gasteiger partial charge in [0.1, 0.15) is 6.61 Å². The zero-order valence-corrected chi connectivity index (χ0v) is 8.61. The molecule has 6 nitrogen and oxygen atoms in total. The Morgan fingerprint density at radius 2 is 1.79 bits per heavy atom. The summed E-state index contributed by atoms with van der Waals surface area (Å²) in [6, 6.07) is 0. The van der Waals surface area contributed by atoms with Gasteiger partial charge in [-0.05, 0) is 6.08 Å². The first kappa shape index (κ1) is 18.4. The molecule has 0 rings (SSSR count). The predicted octanol–water partition coefficient (Wildman–Crippen LogP) is -0.756. The van der Waals surface area contributed by atoms with Crippen LogP contribution < -0.4 is 5.32 Å². The van der Waals surface area contributed by atoms with E-state index in [1.54, 1.807) is 21.3 Å². The average Bonchev–Trinajstić information content (AvgIpc) is 2.18. The molecule has 0 aliphatic rings. The predicted molar refractivity (Wildman–Crippen MR) is 51.9 cm³/mol. The van der Waals surface area contributed by atoms with Crippen LogP contribution in [0.4, 0.5) is 0 Å². The van der Waals surface area contributed by atoms with Gasteiger partial charge in [-0.2, -0.15) is 0 Å². The second-order valence-corrected chi connectivity index (χ2v) is 1.78. The number of hydrogen-bond donors (Lipinski definition) is 3. The topological polar surface area (TPSA) is 95.9 Å². The zero-order chi connectivity index (χ0) is 12.0. The van der Waals surface area contributed by atoms with Crippen molar-refractivity contribution in [3.8, 4) is 0 Å². The van der Waals surface area contributed by atoms with E-state index in [0.717, 1.165) is 0 Å². The van der Waals surface area contributed by atoms with E-state index >= 15 is 0 Å². The maximum Gasteiger partial charge on any atom is 0.329 e. The van der Waals surface area contributed by atoms with E-state index in [1.165, 1.54) is 6.08 Å². The Labute approximate surface area is 83.2 Å². The van der Waals surface area contributed by atoms with Crippen LogP contribution in [0.15, 0.2) is 12.7 Å². The lowest BCUT2D eigenvalue weighted by molar-refractivity contribution is -0.140. The van der Waals surface area contributed by atoms with Crippen molar-refractivity contribution in [3.05, 3.63) is 12.7 Å². The van der Waals surface area contributed by atoms with Crippen molar-refractivity contribution in [2.75, 3.05) is 27.9 Å². The van der Waals surface area contributed by atoms with Crippen LogP contribution in [0, 0.1) is 0 Å². The second kappa shape index (κ2) is 17.6. The lowest BCUT2D eigenvalue weighted by Crippen LogP contribution is -2.13. The Morgan fingerprint density at radius 1 is 1.50 bits per heavy atom. The maximum atomic E-state index is 9.95. The summed E-state index contributed by atoms with van der Waals surface area (Å²) in [7, 11) is 4.81. The molecular formula is C8H17NO5. The Kier molecular flexibility index (Phi) is 23.2. The Bertz CT molecular complexity index is 158. The number of aliphatic carboxylic acids is 1. The quantitative estimate of drug-likeness (QED) is 0.517. The first-order valence-electron chi connectivity index (χ1n) is 3.57. The van der Waals surface area contributed by atoms with Gasteiger partial charge in [-0.1, -0.05) is 6.58 Å². The molecule has 0 radical (unpaired) electrons. The molecule has 0 saturated carbocycles. The van der Waals surface area contributed by atoms with Crippen molar-refractivity contribution in [2.45, 2.75) is 0 Å². The molecule has 0 heterocycles. The van der Waals surface area contributed by atoms with Gasteiger partial charge in [-0.15, -0.1) is 0 Å². The van der Waals surface area contributed by atoms with Crippen LogP contribution in [-0.4, -0.2) is 50.0 Å². The molecule has 0 atom stereocenters. The van der Waals surface area contributed by atoms with Crippen molar-refractivity contribution in [2.24, 2.45) is 0 Å². The van der Waals surface area contributed by atoms with Gasteiger partial charge >= 0.3 is 5.97 Å². The van der Waals surface area contributed by atoms with Crippen LogP contribution >= 0.6 is 0 Å². The van der Waals surface area contributed by atoms with E-state index in [4.69, 9.17) is 15.0 Å². The number of amides is 1. The zero-order valence-electron chi connectivity index (χ0n) is 8.61. The van der Waals surface area contributed by atoms with Crippen LogP contribution in [0.1, 0.15) is 0 Å². The minimum atomic E-state index is -1.19. The summed E-state index contributed by atoms with van der Waals surface area (Å²) < 4.78 is 4.25. The van der Waals surface area contributed by atoms with E-state index in [9.17, 15) is 4.79 Å². The normalized spacial score (nSPS) is 6.86. The SMILES string of the molecule is C=CC(=O)NC.COC.O=C(O)CO. The average molecular weight is 207 g/mol. The van der Waals surface area contributed by atoms with Crippen molar-refractivity contribution in [1.29, 1.82) is 0 Å². The lowest BCUT2D eigenvalue weighted by atomic mass is 10.6. The molecular weight excluding hydrogens is 190 g/mol. The summed E-state index contributed by atoms with van der Waals surface area (Å²) in [6.07, 6.45) is 1.22. The number of nitrogens with one attached hydrogen (secondary N) is 1. The van der Waals surface area contributed by atoms with Gasteiger partial charge in [0.15, 0.2) is 0 Å². The molecule has 6 heteroatoms. The van der Waals surface area contributed by atoms with Gasteiger partial charge in [-0.25, -0.2) is 4.79 Å². The Hall–Kier alpha value is -1.40. The maximum absolute atomic E-state index is 9.95. The van der Waals surface area contributed by atoms with Crippen LogP contribution in [0.2, 0.25) is 0 Å². The van der Waals surface area contributed by atoms with E-state index in [0.29, 0.717) is 0 Å². The molecule has 3 N–H and O–H groups in total. The number of carboxylic acids is 1. The summed E-state index contributed by atoms with van der Waals surface area (Å²) in [5, 5.41) is 17.4. The van der Waals surface area contributed by atoms with Crippen LogP contribution in [0.5, 0.6) is 0 Å². The molecule has 0 aliphatic carbocycles. The highest BCUT2D eigenvalue weighted by molar-refractivity contribution is 5.86. The molecule has 14 heavy (non-hydrogen) atoms. The fourth-order valence-corrected chi connectivity index (χ4v) is 0.102. The molecule has 0 aliphatic heterocycles. The van der Waals surface area contributed by atoms with E-state index in [-0.39, 0.29) is 5.91 Å². The fraction of sp³-hybridized carbons (Fsp3) is 0.500. The van der Waals surface area contributed by atoms with Gasteiger partial charge in [0.25, 0.3) is 0 Å². The molecule has 0 aromatic carbocycles. The van der Waals surface area contributed by atoms with E-state index in [2.05, 4.69) is 16.6 Å². The molecule has 0 bridgehead atoms. The smallest absolute Gasteiger partial charge is 0.329 e. The standard InChI is InChI=1S/C4H7NO.C2H4O3.C2H6O/c1-3-4(6)5-2;3-1-2(4)5;1-3-2/h3H,1H2,2H3,(H,5,6);3H,1H2,(H,4,5);1-2H3. The molecule has 0 aromatic heterocycles. The summed E-state index contributed by atoms with van der Waals surface area (Å²) in [5.41, 5.74) is 0. The van der Waals surface area contributed by atoms with Crippen LogP contribution in [0.25, 0.3) is 0 Å². The van der Waals surface area contributed by atoms with Crippen molar-refractivity contribution >= 4 is 11.9 Å². The minimum absolute atomic E-state index is 0.144. The number of carbonyl (C=O) groups is 2. The number of carbonyl (C=O) groups excluding carboxylic acids is 1. The molecule has 0 saturated heterocycles. The summed E-state index contributed by atoms with van der Waals surface area (Å²) in [4.78, 5) is 19.1. The molecule has 1 amide bonds. The number of aliphatic hydroxyl groups is 1. The Morgan fingerprint density at radius 3 is 1.79 bits per heavy atom. The summed E-state index contributed by atoms with van der Waals surface area (Å²) in [5.74, 6) is -1.33. The fourth-order valence-electron chi connectivity index (χ4n) is 0.102. The number of methoxy groups -OCH3 is 1. The van der Waals surface area contributed by atoms with Gasteiger partial charge in [-0.3, -0.25) is 4.79 Å². The number of hydrogen-bond acceptors (Lipinski definition) is 4. The summed E-state index contributed by atoms with van der Waals surface area (Å²) in [6.45, 7) is 2.44.